The Labute approximate surface area is 141 Å². The topological polar surface area (TPSA) is 58.6 Å². The van der Waals surface area contributed by atoms with Crippen LogP contribution in [-0.2, 0) is 4.79 Å². The third-order valence-corrected chi connectivity index (χ3v) is 4.28. The van der Waals surface area contributed by atoms with Gasteiger partial charge in [0.15, 0.2) is 0 Å². The van der Waals surface area contributed by atoms with Gasteiger partial charge in [-0.3, -0.25) is 9.59 Å². The molecule has 1 heterocycles. The highest BCUT2D eigenvalue weighted by atomic mass is 16.5. The number of rotatable bonds is 4. The second-order valence-electron chi connectivity index (χ2n) is 5.88. The molecule has 2 amide bonds. The van der Waals surface area contributed by atoms with Crippen LogP contribution in [0.2, 0.25) is 0 Å². The van der Waals surface area contributed by atoms with Crippen LogP contribution < -0.4 is 10.1 Å². The summed E-state index contributed by atoms with van der Waals surface area (Å²) in [5.74, 6) is 0.537. The lowest BCUT2D eigenvalue weighted by Gasteiger charge is -2.12. The van der Waals surface area contributed by atoms with E-state index in [0.717, 1.165) is 16.9 Å². The van der Waals surface area contributed by atoms with Crippen LogP contribution in [0.25, 0.3) is 11.1 Å². The van der Waals surface area contributed by atoms with Crippen molar-refractivity contribution >= 4 is 11.8 Å². The molecule has 0 aliphatic carbocycles. The highest BCUT2D eigenvalue weighted by Gasteiger charge is 2.30. The van der Waals surface area contributed by atoms with Crippen LogP contribution in [0.15, 0.2) is 48.5 Å². The number of carbonyl (C=O) groups is 2. The van der Waals surface area contributed by atoms with Gasteiger partial charge in [-0.2, -0.15) is 0 Å². The fourth-order valence-electron chi connectivity index (χ4n) is 2.81. The summed E-state index contributed by atoms with van der Waals surface area (Å²) in [6.45, 7) is 0.679. The van der Waals surface area contributed by atoms with Gasteiger partial charge in [0.05, 0.1) is 7.11 Å². The zero-order valence-corrected chi connectivity index (χ0v) is 13.8. The fraction of sp³-hybridized carbons (Fsp3) is 0.263. The molecule has 0 spiro atoms. The molecule has 3 rings (SSSR count). The molecule has 0 unspecified atom stereocenters. The van der Waals surface area contributed by atoms with Crippen LogP contribution in [0, 0.1) is 0 Å². The molecule has 0 radical (unpaired) electrons. The minimum atomic E-state index is -0.416. The van der Waals surface area contributed by atoms with Gasteiger partial charge in [0.2, 0.25) is 5.91 Å². The molecule has 1 aliphatic rings. The van der Waals surface area contributed by atoms with Crippen molar-refractivity contribution in [1.29, 1.82) is 0 Å². The van der Waals surface area contributed by atoms with Gasteiger partial charge in [0.25, 0.3) is 5.91 Å². The highest BCUT2D eigenvalue weighted by Crippen LogP contribution is 2.24. The monoisotopic (exact) mass is 324 g/mol. The van der Waals surface area contributed by atoms with Crippen LogP contribution in [0.1, 0.15) is 16.8 Å². The summed E-state index contributed by atoms with van der Waals surface area (Å²) in [5.41, 5.74) is 2.57. The number of likely N-dealkylation sites (tertiary alicyclic amines) is 1. The van der Waals surface area contributed by atoms with E-state index >= 15 is 0 Å². The lowest BCUT2D eigenvalue weighted by Crippen LogP contribution is -2.40. The zero-order chi connectivity index (χ0) is 17.1. The standard InChI is InChI=1S/C19H20N2O3/c1-21-11-10-17(19(21)23)20-18(22)14-8-6-13(7-9-14)15-4-3-5-16(12-15)24-2/h3-9,12,17H,10-11H2,1-2H3,(H,20,22)/t17-/m1/s1. The van der Waals surface area contributed by atoms with Gasteiger partial charge in [-0.05, 0) is 41.8 Å². The maximum Gasteiger partial charge on any atom is 0.251 e. The lowest BCUT2D eigenvalue weighted by atomic mass is 10.0. The summed E-state index contributed by atoms with van der Waals surface area (Å²) in [7, 11) is 3.38. The summed E-state index contributed by atoms with van der Waals surface area (Å²) in [4.78, 5) is 25.8. The van der Waals surface area contributed by atoms with Crippen LogP contribution in [0.5, 0.6) is 5.75 Å². The van der Waals surface area contributed by atoms with Crippen LogP contribution >= 0.6 is 0 Å². The van der Waals surface area contributed by atoms with Crippen LogP contribution in [-0.4, -0.2) is 43.5 Å². The van der Waals surface area contributed by atoms with Gasteiger partial charge in [0, 0.05) is 19.2 Å². The van der Waals surface area contributed by atoms with E-state index in [9.17, 15) is 9.59 Å². The fourth-order valence-corrected chi connectivity index (χ4v) is 2.81. The number of hydrogen-bond donors (Lipinski definition) is 1. The molecular formula is C19H20N2O3. The van der Waals surface area contributed by atoms with Crippen LogP contribution in [0.3, 0.4) is 0 Å². The predicted molar refractivity (Wildman–Crippen MR) is 91.9 cm³/mol. The molecule has 24 heavy (non-hydrogen) atoms. The van der Waals surface area contributed by atoms with Gasteiger partial charge in [0.1, 0.15) is 11.8 Å². The minimum Gasteiger partial charge on any atom is -0.497 e. The third-order valence-electron chi connectivity index (χ3n) is 4.28. The molecule has 5 heteroatoms. The minimum absolute atomic E-state index is 0.0312. The number of carbonyl (C=O) groups excluding carboxylic acids is 2. The largest absolute Gasteiger partial charge is 0.497 e. The number of hydrogen-bond acceptors (Lipinski definition) is 3. The Morgan fingerprint density at radius 3 is 2.54 bits per heavy atom. The molecule has 1 saturated heterocycles. The Morgan fingerprint density at radius 2 is 1.92 bits per heavy atom. The molecule has 0 bridgehead atoms. The van der Waals surface area contributed by atoms with E-state index in [1.54, 1.807) is 31.2 Å². The molecule has 1 fully saturated rings. The normalized spacial score (nSPS) is 17.0. The second kappa shape index (κ2) is 6.74. The number of methoxy groups -OCH3 is 1. The molecule has 1 atom stereocenters. The number of nitrogens with one attached hydrogen (secondary N) is 1. The Hall–Kier alpha value is -2.82. The smallest absolute Gasteiger partial charge is 0.251 e. The zero-order valence-electron chi connectivity index (χ0n) is 13.8. The number of likely N-dealkylation sites (N-methyl/N-ethyl adjacent to an activating group) is 1. The summed E-state index contributed by atoms with van der Waals surface area (Å²) in [5, 5.41) is 2.80. The summed E-state index contributed by atoms with van der Waals surface area (Å²) in [6, 6.07) is 14.7. The van der Waals surface area contributed by atoms with Gasteiger partial charge < -0.3 is 15.0 Å². The van der Waals surface area contributed by atoms with Gasteiger partial charge >= 0.3 is 0 Å². The van der Waals surface area contributed by atoms with Gasteiger partial charge in [-0.25, -0.2) is 0 Å². The van der Waals surface area contributed by atoms with E-state index in [2.05, 4.69) is 5.32 Å². The molecule has 0 aromatic heterocycles. The summed E-state index contributed by atoms with van der Waals surface area (Å²) >= 11 is 0. The van der Waals surface area contributed by atoms with Crippen molar-refractivity contribution in [2.24, 2.45) is 0 Å². The quantitative estimate of drug-likeness (QED) is 0.939. The summed E-state index contributed by atoms with van der Waals surface area (Å²) < 4.78 is 5.23. The number of nitrogens with zero attached hydrogens (tertiary/aromatic N) is 1. The van der Waals surface area contributed by atoms with E-state index in [1.807, 2.05) is 36.4 Å². The number of ether oxygens (including phenoxy) is 1. The first-order valence-electron chi connectivity index (χ1n) is 7.89. The number of amides is 2. The lowest BCUT2D eigenvalue weighted by molar-refractivity contribution is -0.128. The Bertz CT molecular complexity index is 755. The molecule has 0 saturated carbocycles. The second-order valence-corrected chi connectivity index (χ2v) is 5.88. The van der Waals surface area contributed by atoms with E-state index < -0.39 is 6.04 Å². The molecule has 1 N–H and O–H groups in total. The molecule has 2 aromatic carbocycles. The first-order chi connectivity index (χ1) is 11.6. The van der Waals surface area contributed by atoms with Crippen molar-refractivity contribution < 1.29 is 14.3 Å². The van der Waals surface area contributed by atoms with E-state index in [4.69, 9.17) is 4.74 Å². The van der Waals surface area contributed by atoms with Crippen molar-refractivity contribution in [3.05, 3.63) is 54.1 Å². The molecule has 1 aliphatic heterocycles. The van der Waals surface area contributed by atoms with Crippen molar-refractivity contribution in [1.82, 2.24) is 10.2 Å². The van der Waals surface area contributed by atoms with E-state index in [-0.39, 0.29) is 11.8 Å². The SMILES string of the molecule is COc1cccc(-c2ccc(C(=O)N[C@@H]3CCN(C)C3=O)cc2)c1. The first kappa shape index (κ1) is 16.1. The molecule has 124 valence electrons. The Kier molecular flexibility index (Phi) is 4.51. The maximum atomic E-state index is 12.3. The van der Waals surface area contributed by atoms with Crippen molar-refractivity contribution in [2.45, 2.75) is 12.5 Å². The van der Waals surface area contributed by atoms with E-state index in [0.29, 0.717) is 18.5 Å². The third kappa shape index (κ3) is 3.25. The Morgan fingerprint density at radius 1 is 1.17 bits per heavy atom. The average Bonchev–Trinajstić information content (AvgIpc) is 2.94. The van der Waals surface area contributed by atoms with Gasteiger partial charge in [-0.1, -0.05) is 24.3 Å². The first-order valence-corrected chi connectivity index (χ1v) is 7.89. The molecule has 2 aromatic rings. The maximum absolute atomic E-state index is 12.3. The number of benzene rings is 2. The average molecular weight is 324 g/mol. The van der Waals surface area contributed by atoms with E-state index in [1.165, 1.54) is 0 Å². The van der Waals surface area contributed by atoms with Crippen molar-refractivity contribution in [2.75, 3.05) is 20.7 Å². The van der Waals surface area contributed by atoms with Crippen molar-refractivity contribution in [3.63, 3.8) is 0 Å². The van der Waals surface area contributed by atoms with Crippen molar-refractivity contribution in [3.8, 4) is 16.9 Å². The van der Waals surface area contributed by atoms with Gasteiger partial charge in [-0.15, -0.1) is 0 Å². The predicted octanol–water partition coefficient (Wildman–Crippen LogP) is 2.32. The highest BCUT2D eigenvalue weighted by molar-refractivity contribution is 5.98. The molecular weight excluding hydrogens is 304 g/mol. The van der Waals surface area contributed by atoms with Crippen LogP contribution in [0.4, 0.5) is 0 Å². The Balaban J connectivity index is 1.72. The molecule has 5 nitrogen and oxygen atoms in total. The summed E-state index contributed by atoms with van der Waals surface area (Å²) in [6.07, 6.45) is 0.656.